The summed E-state index contributed by atoms with van der Waals surface area (Å²) in [5.74, 6) is -0.797. The van der Waals surface area contributed by atoms with Gasteiger partial charge in [-0.05, 0) is 41.4 Å². The van der Waals surface area contributed by atoms with E-state index in [2.05, 4.69) is 5.43 Å². The van der Waals surface area contributed by atoms with Crippen LogP contribution in [0.3, 0.4) is 0 Å². The van der Waals surface area contributed by atoms with Gasteiger partial charge in [-0.1, -0.05) is 53.2 Å². The Morgan fingerprint density at radius 1 is 1.25 bits per heavy atom. The highest BCUT2D eigenvalue weighted by Crippen LogP contribution is 2.34. The highest BCUT2D eigenvalue weighted by atomic mass is 35.5. The molecular formula is C15H8Cl2N2O2S3. The van der Waals surface area contributed by atoms with Gasteiger partial charge in [-0.2, -0.15) is 5.01 Å². The van der Waals surface area contributed by atoms with Crippen molar-refractivity contribution in [3.05, 3.63) is 61.1 Å². The summed E-state index contributed by atoms with van der Waals surface area (Å²) in [6, 6.07) is 8.56. The minimum absolute atomic E-state index is 0.245. The molecule has 2 amide bonds. The van der Waals surface area contributed by atoms with Crippen molar-refractivity contribution in [2.45, 2.75) is 0 Å². The van der Waals surface area contributed by atoms with Crippen LogP contribution in [0.5, 0.6) is 0 Å². The summed E-state index contributed by atoms with van der Waals surface area (Å²) in [6.07, 6.45) is 1.60. The third-order valence-corrected chi connectivity index (χ3v) is 6.02. The smallest absolute Gasteiger partial charge is 0.266 e. The summed E-state index contributed by atoms with van der Waals surface area (Å²) in [6.45, 7) is 0. The number of benzene rings is 1. The van der Waals surface area contributed by atoms with Crippen molar-refractivity contribution >= 4 is 80.7 Å². The van der Waals surface area contributed by atoms with Gasteiger partial charge in [-0.15, -0.1) is 11.3 Å². The molecular weight excluding hydrogens is 407 g/mol. The lowest BCUT2D eigenvalue weighted by Gasteiger charge is -2.14. The first-order valence-corrected chi connectivity index (χ1v) is 9.40. The predicted octanol–water partition coefficient (Wildman–Crippen LogP) is 4.60. The molecule has 1 aliphatic rings. The molecule has 3 rings (SSSR count). The Morgan fingerprint density at radius 3 is 2.75 bits per heavy atom. The average molecular weight is 415 g/mol. The first-order chi connectivity index (χ1) is 11.5. The zero-order valence-corrected chi connectivity index (χ0v) is 15.7. The Kier molecular flexibility index (Phi) is 5.27. The third kappa shape index (κ3) is 3.50. The van der Waals surface area contributed by atoms with Crippen molar-refractivity contribution in [1.82, 2.24) is 10.4 Å². The number of amides is 2. The number of halogens is 2. The Morgan fingerprint density at radius 2 is 2.04 bits per heavy atom. The largest absolute Gasteiger partial charge is 0.285 e. The summed E-state index contributed by atoms with van der Waals surface area (Å²) in [5.41, 5.74) is 3.12. The highest BCUT2D eigenvalue weighted by Gasteiger charge is 2.34. The standard InChI is InChI=1S/C15H8Cl2N2O2S3/c16-9-4-1-3-8(12(9)17)7-11-14(21)19(15(22)24-11)18-13(20)10-5-2-6-23-10/h1-7H,(H,18,20)/b11-7+. The second-order valence-corrected chi connectivity index (χ2v) is 7.99. The number of nitrogens with one attached hydrogen (secondary N) is 1. The number of nitrogens with zero attached hydrogens (tertiary/aromatic N) is 1. The zero-order chi connectivity index (χ0) is 17.3. The summed E-state index contributed by atoms with van der Waals surface area (Å²) in [7, 11) is 0. The van der Waals surface area contributed by atoms with Crippen molar-refractivity contribution in [3.63, 3.8) is 0 Å². The number of carbonyl (C=O) groups excluding carboxylic acids is 2. The van der Waals surface area contributed by atoms with Crippen LogP contribution in [0.15, 0.2) is 40.6 Å². The molecule has 0 radical (unpaired) electrons. The number of rotatable bonds is 3. The van der Waals surface area contributed by atoms with Crippen LogP contribution in [-0.2, 0) is 4.79 Å². The summed E-state index contributed by atoms with van der Waals surface area (Å²) in [4.78, 5) is 25.4. The van der Waals surface area contributed by atoms with Gasteiger partial charge in [0.1, 0.15) is 0 Å². The number of hydrogen-bond donors (Lipinski definition) is 1. The van der Waals surface area contributed by atoms with Crippen LogP contribution >= 0.6 is 58.5 Å². The van der Waals surface area contributed by atoms with Crippen molar-refractivity contribution in [3.8, 4) is 0 Å². The molecule has 1 saturated heterocycles. The minimum Gasteiger partial charge on any atom is -0.266 e. The van der Waals surface area contributed by atoms with Crippen LogP contribution in [-0.4, -0.2) is 21.1 Å². The molecule has 122 valence electrons. The van der Waals surface area contributed by atoms with Gasteiger partial charge < -0.3 is 0 Å². The van der Waals surface area contributed by atoms with E-state index >= 15 is 0 Å². The quantitative estimate of drug-likeness (QED) is 0.588. The number of thiocarbonyl (C=S) groups is 1. The van der Waals surface area contributed by atoms with Crippen molar-refractivity contribution in [2.24, 2.45) is 0 Å². The molecule has 1 aromatic heterocycles. The van der Waals surface area contributed by atoms with E-state index in [0.29, 0.717) is 25.4 Å². The molecule has 1 aliphatic heterocycles. The summed E-state index contributed by atoms with van der Waals surface area (Å²) in [5, 5.41) is 3.59. The average Bonchev–Trinajstić information content (AvgIpc) is 3.17. The van der Waals surface area contributed by atoms with Crippen LogP contribution in [0.2, 0.25) is 10.0 Å². The molecule has 2 aromatic rings. The zero-order valence-electron chi connectivity index (χ0n) is 11.8. The number of thiophene rings is 1. The molecule has 0 saturated carbocycles. The Labute approximate surface area is 161 Å². The van der Waals surface area contributed by atoms with Gasteiger partial charge in [-0.3, -0.25) is 15.0 Å². The third-order valence-electron chi connectivity index (χ3n) is 3.02. The molecule has 24 heavy (non-hydrogen) atoms. The SMILES string of the molecule is O=C(NN1C(=O)/C(=C\c2cccc(Cl)c2Cl)SC1=S)c1cccs1. The molecule has 1 aromatic carbocycles. The fraction of sp³-hybridized carbons (Fsp3) is 0. The summed E-state index contributed by atoms with van der Waals surface area (Å²) >= 11 is 19.6. The predicted molar refractivity (Wildman–Crippen MR) is 103 cm³/mol. The second-order valence-electron chi connectivity index (χ2n) is 4.58. The lowest BCUT2D eigenvalue weighted by molar-refractivity contribution is -0.123. The van der Waals surface area contributed by atoms with Gasteiger partial charge in [-0.25, -0.2) is 0 Å². The Bertz CT molecular complexity index is 866. The van der Waals surface area contributed by atoms with Gasteiger partial charge in [0, 0.05) is 0 Å². The van der Waals surface area contributed by atoms with Crippen LogP contribution in [0.1, 0.15) is 15.2 Å². The molecule has 9 heteroatoms. The fourth-order valence-electron chi connectivity index (χ4n) is 1.90. The first kappa shape index (κ1) is 17.4. The number of hydrazine groups is 1. The highest BCUT2D eigenvalue weighted by molar-refractivity contribution is 8.26. The topological polar surface area (TPSA) is 49.4 Å². The number of hydrogen-bond acceptors (Lipinski definition) is 5. The molecule has 0 atom stereocenters. The van der Waals surface area contributed by atoms with E-state index in [-0.39, 0.29) is 10.2 Å². The lowest BCUT2D eigenvalue weighted by Crippen LogP contribution is -2.44. The van der Waals surface area contributed by atoms with E-state index in [1.807, 2.05) is 0 Å². The maximum absolute atomic E-state index is 12.5. The molecule has 4 nitrogen and oxygen atoms in total. The lowest BCUT2D eigenvalue weighted by atomic mass is 10.2. The summed E-state index contributed by atoms with van der Waals surface area (Å²) < 4.78 is 0.245. The van der Waals surface area contributed by atoms with Gasteiger partial charge in [0.25, 0.3) is 11.8 Å². The van der Waals surface area contributed by atoms with E-state index in [1.54, 1.807) is 41.8 Å². The van der Waals surface area contributed by atoms with Crippen molar-refractivity contribution in [2.75, 3.05) is 0 Å². The number of thioether (sulfide) groups is 1. The van der Waals surface area contributed by atoms with Crippen LogP contribution in [0.4, 0.5) is 0 Å². The van der Waals surface area contributed by atoms with E-state index in [4.69, 9.17) is 35.4 Å². The van der Waals surface area contributed by atoms with Gasteiger partial charge >= 0.3 is 0 Å². The van der Waals surface area contributed by atoms with E-state index in [1.165, 1.54) is 11.3 Å². The van der Waals surface area contributed by atoms with E-state index in [0.717, 1.165) is 16.8 Å². The monoisotopic (exact) mass is 414 g/mol. The number of carbonyl (C=O) groups is 2. The Balaban J connectivity index is 1.82. The fourth-order valence-corrected chi connectivity index (χ4v) is 4.05. The molecule has 0 unspecified atom stereocenters. The molecule has 1 fully saturated rings. The van der Waals surface area contributed by atoms with Gasteiger partial charge in [0.15, 0.2) is 4.32 Å². The molecule has 0 spiro atoms. The van der Waals surface area contributed by atoms with Crippen molar-refractivity contribution < 1.29 is 9.59 Å². The van der Waals surface area contributed by atoms with Crippen molar-refractivity contribution in [1.29, 1.82) is 0 Å². The van der Waals surface area contributed by atoms with E-state index < -0.39 is 5.91 Å². The molecule has 1 N–H and O–H groups in total. The molecule has 0 aliphatic carbocycles. The van der Waals surface area contributed by atoms with Crippen LogP contribution < -0.4 is 5.43 Å². The minimum atomic E-state index is -0.411. The normalized spacial score (nSPS) is 16.1. The second kappa shape index (κ2) is 7.25. The van der Waals surface area contributed by atoms with Gasteiger partial charge in [0.05, 0.1) is 19.8 Å². The van der Waals surface area contributed by atoms with Gasteiger partial charge in [0.2, 0.25) is 0 Å². The van der Waals surface area contributed by atoms with Crippen LogP contribution in [0, 0.1) is 0 Å². The maximum Gasteiger partial charge on any atom is 0.285 e. The molecule has 0 bridgehead atoms. The maximum atomic E-state index is 12.5. The van der Waals surface area contributed by atoms with E-state index in [9.17, 15) is 9.59 Å². The Hall–Kier alpha value is -1.38. The van der Waals surface area contributed by atoms with Crippen LogP contribution in [0.25, 0.3) is 6.08 Å². The molecule has 2 heterocycles. The first-order valence-electron chi connectivity index (χ1n) is 6.54.